The number of alkyl halides is 1. The third-order valence-corrected chi connectivity index (χ3v) is 11.7. The van der Waals surface area contributed by atoms with Gasteiger partial charge in [0.05, 0.1) is 29.2 Å². The topological polar surface area (TPSA) is 81.2 Å². The van der Waals surface area contributed by atoms with E-state index in [0.29, 0.717) is 19.5 Å². The molecule has 9 heteroatoms. The number of fused-ring (bicyclic) bond motifs is 1. The maximum absolute atomic E-state index is 14.5. The number of anilines is 1. The molecule has 4 rings (SSSR count). The van der Waals surface area contributed by atoms with E-state index in [2.05, 4.69) is 36.0 Å². The van der Waals surface area contributed by atoms with Crippen molar-refractivity contribution >= 4 is 51.1 Å². The van der Waals surface area contributed by atoms with Crippen LogP contribution < -0.4 is 4.90 Å². The van der Waals surface area contributed by atoms with E-state index < -0.39 is 28.7 Å². The lowest BCUT2D eigenvalue weighted by Crippen LogP contribution is -2.58. The van der Waals surface area contributed by atoms with Crippen molar-refractivity contribution in [2.45, 2.75) is 73.0 Å². The van der Waals surface area contributed by atoms with Crippen molar-refractivity contribution in [3.05, 3.63) is 55.6 Å². The van der Waals surface area contributed by atoms with E-state index in [1.54, 1.807) is 40.6 Å². The molecule has 0 radical (unpaired) electrons. The first-order valence-electron chi connectivity index (χ1n) is 13.8. The number of amides is 3. The quantitative estimate of drug-likeness (QED) is 0.280. The number of thioether (sulfide) groups is 1. The number of halogens is 1. The van der Waals surface area contributed by atoms with Gasteiger partial charge < -0.3 is 19.8 Å². The fourth-order valence-corrected chi connectivity index (χ4v) is 10.4. The minimum Gasteiger partial charge on any atom is -0.394 e. The van der Waals surface area contributed by atoms with E-state index in [1.807, 2.05) is 42.2 Å². The minimum atomic E-state index is -0.770. The molecular formula is C30H40BrN3O4S. The molecule has 3 heterocycles. The molecule has 3 saturated heterocycles. The van der Waals surface area contributed by atoms with Crippen LogP contribution in [0.4, 0.5) is 5.69 Å². The summed E-state index contributed by atoms with van der Waals surface area (Å²) in [4.78, 5) is 48.2. The minimum absolute atomic E-state index is 0.0255. The summed E-state index contributed by atoms with van der Waals surface area (Å²) in [6.07, 6.45) is 5.77. The van der Waals surface area contributed by atoms with E-state index in [4.69, 9.17) is 0 Å². The molecule has 7 nitrogen and oxygen atoms in total. The highest BCUT2D eigenvalue weighted by Gasteiger charge is 2.76. The SMILES string of the molecule is C=CCN(C(=O)[C@H]1[C@H]2C(=O)N([C@H](C)CO)C(C(=O)N(CC=C)C(C)CCC)C23CC(Br)[C@@H]1S3)c1ccccc1. The number of carbonyl (C=O) groups excluding carboxylic acids is 3. The van der Waals surface area contributed by atoms with Gasteiger partial charge in [-0.05, 0) is 38.8 Å². The van der Waals surface area contributed by atoms with Gasteiger partial charge in [0, 0.05) is 34.9 Å². The highest BCUT2D eigenvalue weighted by molar-refractivity contribution is 9.09. The Labute approximate surface area is 244 Å². The van der Waals surface area contributed by atoms with E-state index >= 15 is 0 Å². The van der Waals surface area contributed by atoms with Gasteiger partial charge in [0.2, 0.25) is 17.7 Å². The lowest BCUT2D eigenvalue weighted by atomic mass is 9.70. The van der Waals surface area contributed by atoms with Gasteiger partial charge in [-0.3, -0.25) is 14.4 Å². The molecule has 1 N–H and O–H groups in total. The molecule has 1 aromatic carbocycles. The van der Waals surface area contributed by atoms with Crippen LogP contribution in [0, 0.1) is 11.8 Å². The summed E-state index contributed by atoms with van der Waals surface area (Å²) in [5, 5.41) is 10.0. The number of rotatable bonds is 12. The van der Waals surface area contributed by atoms with E-state index in [0.717, 1.165) is 18.5 Å². The fourth-order valence-electron chi connectivity index (χ4n) is 6.79. The van der Waals surface area contributed by atoms with Crippen molar-refractivity contribution in [2.24, 2.45) is 11.8 Å². The van der Waals surface area contributed by atoms with Gasteiger partial charge >= 0.3 is 0 Å². The normalized spacial score (nSPS) is 30.5. The highest BCUT2D eigenvalue weighted by Crippen LogP contribution is 2.68. The number of carbonyl (C=O) groups is 3. The fraction of sp³-hybridized carbons (Fsp3) is 0.567. The lowest BCUT2D eigenvalue weighted by Gasteiger charge is -2.41. The van der Waals surface area contributed by atoms with Crippen LogP contribution >= 0.6 is 27.7 Å². The Morgan fingerprint density at radius 1 is 1.21 bits per heavy atom. The second-order valence-electron chi connectivity index (χ2n) is 10.9. The Kier molecular flexibility index (Phi) is 9.33. The predicted octanol–water partition coefficient (Wildman–Crippen LogP) is 4.25. The van der Waals surface area contributed by atoms with Crippen molar-refractivity contribution < 1.29 is 19.5 Å². The molecule has 0 aromatic heterocycles. The zero-order valence-electron chi connectivity index (χ0n) is 23.0. The summed E-state index contributed by atoms with van der Waals surface area (Å²) >= 11 is 5.46. The number of aliphatic hydroxyl groups excluding tert-OH is 1. The average Bonchev–Trinajstić information content (AvgIpc) is 3.53. The molecule has 3 fully saturated rings. The summed E-state index contributed by atoms with van der Waals surface area (Å²) in [6.45, 7) is 14.1. The van der Waals surface area contributed by atoms with Crippen LogP contribution in [0.5, 0.6) is 0 Å². The first kappa shape index (κ1) is 29.9. The molecule has 3 amide bonds. The third-order valence-electron chi connectivity index (χ3n) is 8.48. The van der Waals surface area contributed by atoms with Crippen LogP contribution in [-0.2, 0) is 14.4 Å². The Balaban J connectivity index is 1.80. The van der Waals surface area contributed by atoms with E-state index in [1.165, 1.54) is 0 Å². The van der Waals surface area contributed by atoms with Gasteiger partial charge in [0.15, 0.2) is 0 Å². The number of benzene rings is 1. The number of hydrogen-bond donors (Lipinski definition) is 1. The largest absolute Gasteiger partial charge is 0.394 e. The first-order chi connectivity index (χ1) is 18.7. The van der Waals surface area contributed by atoms with Crippen LogP contribution in [0.3, 0.4) is 0 Å². The van der Waals surface area contributed by atoms with Gasteiger partial charge in [0.25, 0.3) is 0 Å². The zero-order valence-corrected chi connectivity index (χ0v) is 25.4. The van der Waals surface area contributed by atoms with Crippen LogP contribution in [0.1, 0.15) is 40.0 Å². The van der Waals surface area contributed by atoms with Crippen LogP contribution in [0.15, 0.2) is 55.6 Å². The van der Waals surface area contributed by atoms with Gasteiger partial charge in [-0.15, -0.1) is 24.9 Å². The van der Waals surface area contributed by atoms with Gasteiger partial charge in [-0.1, -0.05) is 59.6 Å². The molecular weight excluding hydrogens is 578 g/mol. The zero-order chi connectivity index (χ0) is 28.5. The number of nitrogens with zero attached hydrogens (tertiary/aromatic N) is 3. The summed E-state index contributed by atoms with van der Waals surface area (Å²) in [7, 11) is 0. The maximum atomic E-state index is 14.5. The number of likely N-dealkylation sites (tertiary alicyclic amines) is 1. The Bertz CT molecular complexity index is 1100. The van der Waals surface area contributed by atoms with Crippen LogP contribution in [0.25, 0.3) is 0 Å². The second kappa shape index (κ2) is 12.2. The van der Waals surface area contributed by atoms with Crippen molar-refractivity contribution in [1.29, 1.82) is 0 Å². The summed E-state index contributed by atoms with van der Waals surface area (Å²) in [5.74, 6) is -1.72. The molecule has 212 valence electrons. The summed E-state index contributed by atoms with van der Waals surface area (Å²) in [5.41, 5.74) is 0.750. The summed E-state index contributed by atoms with van der Waals surface area (Å²) in [6, 6.07) is 8.08. The van der Waals surface area contributed by atoms with Gasteiger partial charge in [-0.25, -0.2) is 0 Å². The van der Waals surface area contributed by atoms with Crippen molar-refractivity contribution in [1.82, 2.24) is 9.80 Å². The molecule has 4 unspecified atom stereocenters. The molecule has 39 heavy (non-hydrogen) atoms. The standard InChI is InChI=1S/C30H40BrN3O4S/c1-6-12-19(4)32(15-7-2)29(38)26-30-17-22(31)25(39-30)23(24(30)28(37)34(26)20(5)18-35)27(36)33(16-8-3)21-13-10-9-11-14-21/h7-11,13-14,19-20,22-26,35H,2-3,6,12,15-18H2,1,4-5H3/t19?,20-,22?,23+,24+,25+,26?,30?/m1/s1. The second-order valence-corrected chi connectivity index (χ2v) is 13.6. The van der Waals surface area contributed by atoms with Crippen molar-refractivity contribution in [3.8, 4) is 0 Å². The van der Waals surface area contributed by atoms with E-state index in [-0.39, 0.29) is 40.4 Å². The predicted molar refractivity (Wildman–Crippen MR) is 161 cm³/mol. The maximum Gasteiger partial charge on any atom is 0.247 e. The highest BCUT2D eigenvalue weighted by atomic mass is 79.9. The number of aliphatic hydroxyl groups is 1. The first-order valence-corrected chi connectivity index (χ1v) is 15.6. The number of para-hydroxylation sites is 1. The smallest absolute Gasteiger partial charge is 0.247 e. The molecule has 1 spiro atoms. The molecule has 8 atom stereocenters. The monoisotopic (exact) mass is 617 g/mol. The van der Waals surface area contributed by atoms with Gasteiger partial charge in [0.1, 0.15) is 6.04 Å². The van der Waals surface area contributed by atoms with Crippen LogP contribution in [-0.4, -0.2) is 85.3 Å². The molecule has 2 bridgehead atoms. The molecule has 3 aliphatic rings. The van der Waals surface area contributed by atoms with E-state index in [9.17, 15) is 19.5 Å². The lowest BCUT2D eigenvalue weighted by molar-refractivity contribution is -0.146. The Hall–Kier alpha value is -2.10. The Morgan fingerprint density at radius 3 is 2.46 bits per heavy atom. The molecule has 0 saturated carbocycles. The third kappa shape index (κ3) is 4.99. The molecule has 1 aromatic rings. The average molecular weight is 619 g/mol. The summed E-state index contributed by atoms with van der Waals surface area (Å²) < 4.78 is -0.765. The van der Waals surface area contributed by atoms with Crippen LogP contribution in [0.2, 0.25) is 0 Å². The molecule has 0 aliphatic carbocycles. The van der Waals surface area contributed by atoms with Crippen molar-refractivity contribution in [3.63, 3.8) is 0 Å². The molecule has 3 aliphatic heterocycles. The van der Waals surface area contributed by atoms with Crippen molar-refractivity contribution in [2.75, 3.05) is 24.6 Å². The number of hydrogen-bond acceptors (Lipinski definition) is 5. The van der Waals surface area contributed by atoms with Gasteiger partial charge in [-0.2, -0.15) is 0 Å². The Morgan fingerprint density at radius 2 is 1.87 bits per heavy atom.